The Labute approximate surface area is 142 Å². The predicted octanol–water partition coefficient (Wildman–Crippen LogP) is 3.91. The summed E-state index contributed by atoms with van der Waals surface area (Å²) in [5, 5.41) is 8.33. The molecular formula is C20H23N3O. The normalized spacial score (nSPS) is 25.2. The topological polar surface area (TPSA) is 41.1 Å². The number of morpholine rings is 1. The summed E-state index contributed by atoms with van der Waals surface area (Å²) in [6.07, 6.45) is 1.99. The maximum atomic E-state index is 6.16. The second kappa shape index (κ2) is 6.38. The first-order valence-electron chi connectivity index (χ1n) is 8.56. The zero-order valence-electron chi connectivity index (χ0n) is 14.1. The minimum atomic E-state index is 0.123. The molecule has 0 bridgehead atoms. The molecule has 4 rings (SSSR count). The summed E-state index contributed by atoms with van der Waals surface area (Å²) in [7, 11) is 0. The van der Waals surface area contributed by atoms with Gasteiger partial charge in [0.1, 0.15) is 0 Å². The summed E-state index contributed by atoms with van der Waals surface area (Å²) in [6, 6.07) is 17.8. The molecule has 1 fully saturated rings. The first kappa shape index (κ1) is 15.4. The molecule has 0 radical (unpaired) electrons. The molecule has 24 heavy (non-hydrogen) atoms. The molecule has 1 saturated heterocycles. The highest BCUT2D eigenvalue weighted by Gasteiger charge is 2.34. The van der Waals surface area contributed by atoms with E-state index in [-0.39, 0.29) is 6.10 Å². The maximum absolute atomic E-state index is 6.16. The molecule has 124 valence electrons. The molecule has 1 aromatic heterocycles. The van der Waals surface area contributed by atoms with Crippen molar-refractivity contribution in [3.05, 3.63) is 65.9 Å². The van der Waals surface area contributed by atoms with Crippen LogP contribution in [-0.2, 0) is 11.3 Å². The molecule has 3 aromatic rings. The molecule has 2 aromatic carbocycles. The SMILES string of the molecule is C[C@@H]1CO[C@H](c2ccccc2)[C@@H](C)N1Cc1ccc2cn[nH]c2c1. The van der Waals surface area contributed by atoms with Gasteiger partial charge in [-0.25, -0.2) is 0 Å². The van der Waals surface area contributed by atoms with Crippen molar-refractivity contribution in [2.45, 2.75) is 38.6 Å². The number of aromatic nitrogens is 2. The van der Waals surface area contributed by atoms with E-state index in [0.29, 0.717) is 12.1 Å². The Kier molecular flexibility index (Phi) is 4.08. The van der Waals surface area contributed by atoms with Crippen LogP contribution in [0.25, 0.3) is 10.9 Å². The van der Waals surface area contributed by atoms with Gasteiger partial charge in [0.25, 0.3) is 0 Å². The molecular weight excluding hydrogens is 298 g/mol. The smallest absolute Gasteiger partial charge is 0.0978 e. The quantitative estimate of drug-likeness (QED) is 0.795. The Bertz CT molecular complexity index is 814. The fourth-order valence-electron chi connectivity index (χ4n) is 3.66. The lowest BCUT2D eigenvalue weighted by Crippen LogP contribution is -2.50. The van der Waals surface area contributed by atoms with Crippen molar-refractivity contribution in [3.8, 4) is 0 Å². The van der Waals surface area contributed by atoms with E-state index < -0.39 is 0 Å². The number of rotatable bonds is 3. The van der Waals surface area contributed by atoms with Crippen LogP contribution in [0.3, 0.4) is 0 Å². The van der Waals surface area contributed by atoms with Gasteiger partial charge in [-0.1, -0.05) is 42.5 Å². The number of nitrogens with one attached hydrogen (secondary N) is 1. The molecule has 1 aliphatic rings. The summed E-state index contributed by atoms with van der Waals surface area (Å²) in [5.74, 6) is 0. The van der Waals surface area contributed by atoms with E-state index in [1.54, 1.807) is 0 Å². The van der Waals surface area contributed by atoms with Crippen molar-refractivity contribution < 1.29 is 4.74 Å². The molecule has 0 saturated carbocycles. The van der Waals surface area contributed by atoms with Gasteiger partial charge in [-0.2, -0.15) is 5.10 Å². The summed E-state index contributed by atoms with van der Waals surface area (Å²) < 4.78 is 6.16. The van der Waals surface area contributed by atoms with Crippen molar-refractivity contribution >= 4 is 10.9 Å². The number of ether oxygens (including phenoxy) is 1. The molecule has 0 amide bonds. The van der Waals surface area contributed by atoms with Crippen molar-refractivity contribution in [2.24, 2.45) is 0 Å². The Morgan fingerprint density at radius 2 is 2.00 bits per heavy atom. The van der Waals surface area contributed by atoms with Crippen LogP contribution in [0, 0.1) is 0 Å². The predicted molar refractivity (Wildman–Crippen MR) is 95.7 cm³/mol. The van der Waals surface area contributed by atoms with Gasteiger partial charge in [-0.05, 0) is 31.0 Å². The van der Waals surface area contributed by atoms with E-state index in [9.17, 15) is 0 Å². The third-order valence-corrected chi connectivity index (χ3v) is 5.04. The summed E-state index contributed by atoms with van der Waals surface area (Å²) in [6.45, 7) is 6.19. The van der Waals surface area contributed by atoms with E-state index in [1.165, 1.54) is 11.1 Å². The highest BCUT2D eigenvalue weighted by molar-refractivity contribution is 5.78. The fraction of sp³-hybridized carbons (Fsp3) is 0.350. The zero-order valence-corrected chi connectivity index (χ0v) is 14.1. The van der Waals surface area contributed by atoms with Gasteiger partial charge < -0.3 is 4.74 Å². The molecule has 0 aliphatic carbocycles. The Balaban J connectivity index is 1.58. The highest BCUT2D eigenvalue weighted by Crippen LogP contribution is 2.32. The van der Waals surface area contributed by atoms with Gasteiger partial charge in [0.15, 0.2) is 0 Å². The third kappa shape index (κ3) is 2.83. The number of hydrogen-bond acceptors (Lipinski definition) is 3. The van der Waals surface area contributed by atoms with Crippen LogP contribution in [0.2, 0.25) is 0 Å². The number of benzene rings is 2. The average molecular weight is 321 g/mol. The van der Waals surface area contributed by atoms with Crippen LogP contribution < -0.4 is 0 Å². The number of fused-ring (bicyclic) bond motifs is 1. The van der Waals surface area contributed by atoms with E-state index in [0.717, 1.165) is 24.1 Å². The first-order valence-corrected chi connectivity index (χ1v) is 8.56. The van der Waals surface area contributed by atoms with Crippen LogP contribution in [0.15, 0.2) is 54.7 Å². The second-order valence-corrected chi connectivity index (χ2v) is 6.72. The van der Waals surface area contributed by atoms with Gasteiger partial charge in [0, 0.05) is 24.0 Å². The third-order valence-electron chi connectivity index (χ3n) is 5.04. The van der Waals surface area contributed by atoms with Crippen molar-refractivity contribution in [1.82, 2.24) is 15.1 Å². The minimum absolute atomic E-state index is 0.123. The van der Waals surface area contributed by atoms with Gasteiger partial charge >= 0.3 is 0 Å². The fourth-order valence-corrected chi connectivity index (χ4v) is 3.66. The summed E-state index contributed by atoms with van der Waals surface area (Å²) >= 11 is 0. The van der Waals surface area contributed by atoms with Gasteiger partial charge in [-0.3, -0.25) is 10.00 Å². The number of H-pyrrole nitrogens is 1. The molecule has 0 unspecified atom stereocenters. The van der Waals surface area contributed by atoms with E-state index in [2.05, 4.69) is 77.5 Å². The van der Waals surface area contributed by atoms with Crippen molar-refractivity contribution in [1.29, 1.82) is 0 Å². The summed E-state index contributed by atoms with van der Waals surface area (Å²) in [5.41, 5.74) is 3.66. The lowest BCUT2D eigenvalue weighted by molar-refractivity contribution is -0.0993. The van der Waals surface area contributed by atoms with Crippen LogP contribution in [0.1, 0.15) is 31.1 Å². The Hall–Kier alpha value is -2.17. The van der Waals surface area contributed by atoms with E-state index in [4.69, 9.17) is 4.74 Å². The van der Waals surface area contributed by atoms with Crippen LogP contribution in [0.5, 0.6) is 0 Å². The molecule has 4 heteroatoms. The van der Waals surface area contributed by atoms with Gasteiger partial charge in [0.2, 0.25) is 0 Å². The largest absolute Gasteiger partial charge is 0.370 e. The number of nitrogens with zero attached hydrogens (tertiary/aromatic N) is 2. The number of aromatic amines is 1. The average Bonchev–Trinajstić information content (AvgIpc) is 3.07. The number of hydrogen-bond donors (Lipinski definition) is 1. The second-order valence-electron chi connectivity index (χ2n) is 6.72. The minimum Gasteiger partial charge on any atom is -0.370 e. The van der Waals surface area contributed by atoms with Crippen molar-refractivity contribution in [3.63, 3.8) is 0 Å². The van der Waals surface area contributed by atoms with Gasteiger partial charge in [-0.15, -0.1) is 0 Å². The van der Waals surface area contributed by atoms with E-state index in [1.807, 2.05) is 6.20 Å². The molecule has 1 aliphatic heterocycles. The molecule has 2 heterocycles. The lowest BCUT2D eigenvalue weighted by Gasteiger charge is -2.44. The Morgan fingerprint density at radius 1 is 1.17 bits per heavy atom. The maximum Gasteiger partial charge on any atom is 0.0978 e. The van der Waals surface area contributed by atoms with Gasteiger partial charge in [0.05, 0.1) is 24.4 Å². The Morgan fingerprint density at radius 3 is 2.83 bits per heavy atom. The summed E-state index contributed by atoms with van der Waals surface area (Å²) in [4.78, 5) is 2.54. The monoisotopic (exact) mass is 321 g/mol. The first-order chi connectivity index (χ1) is 11.7. The molecule has 3 atom stereocenters. The van der Waals surface area contributed by atoms with Crippen LogP contribution in [0.4, 0.5) is 0 Å². The van der Waals surface area contributed by atoms with Crippen molar-refractivity contribution in [2.75, 3.05) is 6.61 Å². The molecule has 0 spiro atoms. The molecule has 1 N–H and O–H groups in total. The molecule has 4 nitrogen and oxygen atoms in total. The van der Waals surface area contributed by atoms with Crippen LogP contribution >= 0.6 is 0 Å². The van der Waals surface area contributed by atoms with E-state index >= 15 is 0 Å². The lowest BCUT2D eigenvalue weighted by atomic mass is 9.98. The zero-order chi connectivity index (χ0) is 16.5. The highest BCUT2D eigenvalue weighted by atomic mass is 16.5. The standard InChI is InChI=1S/C20H23N3O/c1-14-13-24-20(17-6-4-3-5-7-17)15(2)23(14)12-16-8-9-18-11-21-22-19(18)10-16/h3-11,14-15,20H,12-13H2,1-2H3,(H,21,22)/t14-,15-,20+/m1/s1. The van der Waals surface area contributed by atoms with Crippen LogP contribution in [-0.4, -0.2) is 33.8 Å².